The van der Waals surface area contributed by atoms with E-state index in [1.165, 1.54) is 10.9 Å². The van der Waals surface area contributed by atoms with Crippen molar-refractivity contribution in [2.75, 3.05) is 7.05 Å². The Kier molecular flexibility index (Phi) is 4.99. The maximum atomic E-state index is 12.0. The van der Waals surface area contributed by atoms with E-state index in [4.69, 9.17) is 23.2 Å². The second-order valence-corrected chi connectivity index (χ2v) is 6.18. The first-order valence-electron chi connectivity index (χ1n) is 7.23. The molecule has 0 spiro atoms. The molecular weight excluding hydrogens is 349 g/mol. The second-order valence-electron chi connectivity index (χ2n) is 5.40. The van der Waals surface area contributed by atoms with Gasteiger partial charge in [0.25, 0.3) is 5.56 Å². The highest BCUT2D eigenvalue weighted by Crippen LogP contribution is 2.15. The van der Waals surface area contributed by atoms with E-state index in [9.17, 15) is 4.79 Å². The van der Waals surface area contributed by atoms with Gasteiger partial charge in [0.2, 0.25) is 0 Å². The molecule has 3 rings (SSSR count). The molecule has 0 aliphatic heterocycles. The van der Waals surface area contributed by atoms with E-state index in [-0.39, 0.29) is 10.0 Å². The Hall–Kier alpha value is -2.15. The van der Waals surface area contributed by atoms with Crippen molar-refractivity contribution in [1.82, 2.24) is 24.5 Å². The van der Waals surface area contributed by atoms with E-state index in [0.29, 0.717) is 13.2 Å². The fourth-order valence-electron chi connectivity index (χ4n) is 2.30. The van der Waals surface area contributed by atoms with Gasteiger partial charge >= 0.3 is 0 Å². The lowest BCUT2D eigenvalue weighted by Gasteiger charge is -2.16. The Morgan fingerprint density at radius 2 is 1.88 bits per heavy atom. The standard InChI is InChI=1S/C16H15Cl2N5O/c1-21(11-23-16(24)15(18)14(17)8-20-23)9-12-7-19-22(10-12)13-5-3-2-4-6-13/h2-8,10H,9,11H2,1H3. The summed E-state index contributed by atoms with van der Waals surface area (Å²) in [6.07, 6.45) is 5.12. The topological polar surface area (TPSA) is 56.0 Å². The molecule has 0 saturated carbocycles. The molecule has 0 bridgehead atoms. The SMILES string of the molecule is CN(Cc1cnn(-c2ccccc2)c1)Cn1ncc(Cl)c(Cl)c1=O. The van der Waals surface area contributed by atoms with Crippen molar-refractivity contribution in [3.05, 3.63) is 74.9 Å². The normalized spacial score (nSPS) is 11.2. The van der Waals surface area contributed by atoms with Crippen LogP contribution in [-0.4, -0.2) is 31.5 Å². The summed E-state index contributed by atoms with van der Waals surface area (Å²) in [6, 6.07) is 9.86. The van der Waals surface area contributed by atoms with Crippen LogP contribution in [0.15, 0.2) is 53.7 Å². The molecule has 0 saturated heterocycles. The molecule has 0 radical (unpaired) electrons. The Bertz CT molecular complexity index is 891. The van der Waals surface area contributed by atoms with E-state index in [0.717, 1.165) is 11.3 Å². The number of benzene rings is 1. The zero-order valence-electron chi connectivity index (χ0n) is 12.9. The van der Waals surface area contributed by atoms with Crippen molar-refractivity contribution >= 4 is 23.2 Å². The minimum Gasteiger partial charge on any atom is -0.283 e. The molecule has 0 aliphatic carbocycles. The van der Waals surface area contributed by atoms with Gasteiger partial charge in [-0.3, -0.25) is 9.69 Å². The van der Waals surface area contributed by atoms with Crippen molar-refractivity contribution < 1.29 is 0 Å². The maximum Gasteiger partial charge on any atom is 0.288 e. The summed E-state index contributed by atoms with van der Waals surface area (Å²) >= 11 is 11.6. The highest BCUT2D eigenvalue weighted by atomic mass is 35.5. The summed E-state index contributed by atoms with van der Waals surface area (Å²) < 4.78 is 3.09. The quantitative estimate of drug-likeness (QED) is 0.699. The lowest BCUT2D eigenvalue weighted by Crippen LogP contribution is -2.31. The van der Waals surface area contributed by atoms with Gasteiger partial charge in [-0.15, -0.1) is 0 Å². The minimum atomic E-state index is -0.406. The number of hydrogen-bond acceptors (Lipinski definition) is 4. The average Bonchev–Trinajstić information content (AvgIpc) is 3.04. The molecule has 6 nitrogen and oxygen atoms in total. The molecule has 1 aromatic carbocycles. The number of rotatable bonds is 5. The van der Waals surface area contributed by atoms with Crippen molar-refractivity contribution in [3.8, 4) is 5.69 Å². The van der Waals surface area contributed by atoms with Crippen LogP contribution in [0.2, 0.25) is 10.0 Å². The van der Waals surface area contributed by atoms with Gasteiger partial charge in [-0.05, 0) is 19.2 Å². The van der Waals surface area contributed by atoms with Gasteiger partial charge in [0.05, 0.1) is 29.8 Å². The van der Waals surface area contributed by atoms with Crippen LogP contribution in [0.5, 0.6) is 0 Å². The Morgan fingerprint density at radius 3 is 2.62 bits per heavy atom. The smallest absolute Gasteiger partial charge is 0.283 e. The lowest BCUT2D eigenvalue weighted by atomic mass is 10.3. The molecular formula is C16H15Cl2N5O. The fourth-order valence-corrected chi connectivity index (χ4v) is 2.57. The predicted octanol–water partition coefficient (Wildman–Crippen LogP) is 2.83. The van der Waals surface area contributed by atoms with Gasteiger partial charge in [-0.25, -0.2) is 9.36 Å². The Balaban J connectivity index is 1.70. The third kappa shape index (κ3) is 3.67. The molecule has 0 fully saturated rings. The summed E-state index contributed by atoms with van der Waals surface area (Å²) in [6.45, 7) is 0.910. The van der Waals surface area contributed by atoms with E-state index in [2.05, 4.69) is 10.2 Å². The monoisotopic (exact) mass is 363 g/mol. The first-order chi connectivity index (χ1) is 11.5. The fraction of sp³-hybridized carbons (Fsp3) is 0.188. The number of aromatic nitrogens is 4. The molecule has 2 heterocycles. The van der Waals surface area contributed by atoms with E-state index in [1.807, 2.05) is 53.2 Å². The zero-order chi connectivity index (χ0) is 17.1. The minimum absolute atomic E-state index is 0.0167. The zero-order valence-corrected chi connectivity index (χ0v) is 14.4. The largest absolute Gasteiger partial charge is 0.288 e. The molecule has 24 heavy (non-hydrogen) atoms. The van der Waals surface area contributed by atoms with Crippen LogP contribution in [-0.2, 0) is 13.2 Å². The summed E-state index contributed by atoms with van der Waals surface area (Å²) in [5.74, 6) is 0. The van der Waals surface area contributed by atoms with E-state index in [1.54, 1.807) is 6.20 Å². The Morgan fingerprint density at radius 1 is 1.12 bits per heavy atom. The molecule has 3 aromatic rings. The summed E-state index contributed by atoms with van der Waals surface area (Å²) in [5.41, 5.74) is 1.61. The molecule has 2 aromatic heterocycles. The predicted molar refractivity (Wildman–Crippen MR) is 93.5 cm³/mol. The van der Waals surface area contributed by atoms with Crippen molar-refractivity contribution in [2.24, 2.45) is 0 Å². The third-order valence-corrected chi connectivity index (χ3v) is 4.18. The number of hydrogen-bond donors (Lipinski definition) is 0. The Labute approximate surface area is 148 Å². The molecule has 0 N–H and O–H groups in total. The number of para-hydroxylation sites is 1. The summed E-state index contributed by atoms with van der Waals surface area (Å²) in [7, 11) is 1.89. The number of halogens is 2. The van der Waals surface area contributed by atoms with Crippen LogP contribution in [0.25, 0.3) is 5.69 Å². The third-order valence-electron chi connectivity index (χ3n) is 3.43. The molecule has 0 amide bonds. The molecule has 8 heteroatoms. The lowest BCUT2D eigenvalue weighted by molar-refractivity contribution is 0.240. The van der Waals surface area contributed by atoms with Gasteiger partial charge < -0.3 is 0 Å². The second kappa shape index (κ2) is 7.17. The highest BCUT2D eigenvalue weighted by molar-refractivity contribution is 6.41. The first-order valence-corrected chi connectivity index (χ1v) is 7.99. The maximum absolute atomic E-state index is 12.0. The van der Waals surface area contributed by atoms with Gasteiger partial charge in [0.1, 0.15) is 5.02 Å². The van der Waals surface area contributed by atoms with Crippen molar-refractivity contribution in [1.29, 1.82) is 0 Å². The van der Waals surface area contributed by atoms with Gasteiger partial charge in [-0.2, -0.15) is 10.2 Å². The van der Waals surface area contributed by atoms with Crippen LogP contribution >= 0.6 is 23.2 Å². The van der Waals surface area contributed by atoms with Crippen LogP contribution < -0.4 is 5.56 Å². The molecule has 0 aliphatic rings. The van der Waals surface area contributed by atoms with Gasteiger partial charge in [0.15, 0.2) is 0 Å². The van der Waals surface area contributed by atoms with Gasteiger partial charge in [0, 0.05) is 18.3 Å². The summed E-state index contributed by atoms with van der Waals surface area (Å²) in [5, 5.41) is 8.50. The molecule has 0 unspecified atom stereocenters. The first kappa shape index (κ1) is 16.7. The van der Waals surface area contributed by atoms with Crippen LogP contribution in [0.1, 0.15) is 5.56 Å². The van der Waals surface area contributed by atoms with Crippen LogP contribution in [0.4, 0.5) is 0 Å². The molecule has 0 atom stereocenters. The van der Waals surface area contributed by atoms with E-state index >= 15 is 0 Å². The van der Waals surface area contributed by atoms with Crippen LogP contribution in [0.3, 0.4) is 0 Å². The summed E-state index contributed by atoms with van der Waals surface area (Å²) in [4.78, 5) is 13.9. The van der Waals surface area contributed by atoms with Gasteiger partial charge in [-0.1, -0.05) is 41.4 Å². The van der Waals surface area contributed by atoms with Crippen molar-refractivity contribution in [2.45, 2.75) is 13.2 Å². The van der Waals surface area contributed by atoms with E-state index < -0.39 is 5.56 Å². The molecule has 124 valence electrons. The van der Waals surface area contributed by atoms with Crippen LogP contribution in [0, 0.1) is 0 Å². The number of nitrogens with zero attached hydrogens (tertiary/aromatic N) is 5. The average molecular weight is 364 g/mol. The van der Waals surface area contributed by atoms with Crippen molar-refractivity contribution in [3.63, 3.8) is 0 Å². The highest BCUT2D eigenvalue weighted by Gasteiger charge is 2.10.